The van der Waals surface area contributed by atoms with E-state index >= 15 is 0 Å². The van der Waals surface area contributed by atoms with E-state index in [1.165, 1.54) is 5.57 Å². The first-order valence-electron chi connectivity index (χ1n) is 10.5. The van der Waals surface area contributed by atoms with Gasteiger partial charge in [-0.05, 0) is 85.5 Å². The predicted molar refractivity (Wildman–Crippen MR) is 100.0 cm³/mol. The van der Waals surface area contributed by atoms with Crippen molar-refractivity contribution in [3.05, 3.63) is 22.8 Å². The molecule has 0 aromatic rings. The van der Waals surface area contributed by atoms with Crippen LogP contribution in [0.25, 0.3) is 0 Å². The largest absolute Gasteiger partial charge is 1.00 e. The molecule has 4 nitrogen and oxygen atoms in total. The third-order valence-electron chi connectivity index (χ3n) is 8.68. The molecule has 3 unspecified atom stereocenters. The van der Waals surface area contributed by atoms with Crippen molar-refractivity contribution in [1.29, 1.82) is 5.26 Å². The number of fused-ring (bicyclic) bond motifs is 5. The molecule has 0 spiro atoms. The van der Waals surface area contributed by atoms with Crippen molar-refractivity contribution in [3.8, 4) is 6.07 Å². The molecule has 6 atom stereocenters. The van der Waals surface area contributed by atoms with E-state index < -0.39 is 5.97 Å². The fraction of sp³-hybridized carbons (Fsp3) is 0.739. The molecule has 0 aromatic carbocycles. The minimum atomic E-state index is -1.15. The normalized spacial score (nSPS) is 43.4. The SMILES string of the molecule is C[C@]12CC[C@H](O)CC1=CCC1C2CC[C@]2(C)C(=C(C#N)CC(=O)[O-])CCC12.[Na+]. The predicted octanol–water partition coefficient (Wildman–Crippen LogP) is 0.274. The molecule has 0 heterocycles. The van der Waals surface area contributed by atoms with Gasteiger partial charge in [0.2, 0.25) is 0 Å². The Balaban J connectivity index is 0.00000225. The maximum atomic E-state index is 11.1. The van der Waals surface area contributed by atoms with Crippen molar-refractivity contribution < 1.29 is 44.6 Å². The number of carbonyl (C=O) groups is 1. The monoisotopic (exact) mass is 391 g/mol. The van der Waals surface area contributed by atoms with E-state index in [1.54, 1.807) is 0 Å². The minimum Gasteiger partial charge on any atom is -0.550 e. The van der Waals surface area contributed by atoms with Crippen LogP contribution in [0.4, 0.5) is 0 Å². The summed E-state index contributed by atoms with van der Waals surface area (Å²) in [6.07, 6.45) is 9.93. The van der Waals surface area contributed by atoms with Crippen LogP contribution >= 0.6 is 0 Å². The molecular formula is C23H30NNaO3. The minimum absolute atomic E-state index is 0. The average Bonchev–Trinajstić information content (AvgIpc) is 2.97. The Morgan fingerprint density at radius 2 is 1.93 bits per heavy atom. The Bertz CT molecular complexity index is 766. The van der Waals surface area contributed by atoms with Crippen LogP contribution in [0.3, 0.4) is 0 Å². The smallest absolute Gasteiger partial charge is 0.550 e. The number of carboxylic acids is 1. The molecule has 3 saturated carbocycles. The number of hydrogen-bond donors (Lipinski definition) is 1. The summed E-state index contributed by atoms with van der Waals surface area (Å²) in [4.78, 5) is 11.1. The average molecular weight is 391 g/mol. The molecule has 0 saturated heterocycles. The van der Waals surface area contributed by atoms with Gasteiger partial charge < -0.3 is 15.0 Å². The van der Waals surface area contributed by atoms with Crippen LogP contribution in [-0.2, 0) is 4.79 Å². The Labute approximate surface area is 190 Å². The molecule has 5 heteroatoms. The fourth-order valence-corrected chi connectivity index (χ4v) is 7.31. The van der Waals surface area contributed by atoms with Gasteiger partial charge in [-0.15, -0.1) is 0 Å². The van der Waals surface area contributed by atoms with Gasteiger partial charge in [0.25, 0.3) is 0 Å². The van der Waals surface area contributed by atoms with Gasteiger partial charge in [0.15, 0.2) is 0 Å². The molecule has 4 aliphatic rings. The van der Waals surface area contributed by atoms with E-state index in [-0.39, 0.29) is 52.9 Å². The molecule has 28 heavy (non-hydrogen) atoms. The van der Waals surface area contributed by atoms with Crippen LogP contribution in [0.2, 0.25) is 0 Å². The summed E-state index contributed by atoms with van der Waals surface area (Å²) in [5, 5.41) is 30.8. The zero-order valence-electron chi connectivity index (χ0n) is 17.5. The van der Waals surface area contributed by atoms with Gasteiger partial charge in [-0.1, -0.05) is 25.5 Å². The number of allylic oxidation sites excluding steroid dienone is 2. The van der Waals surface area contributed by atoms with Gasteiger partial charge >= 0.3 is 29.6 Å². The van der Waals surface area contributed by atoms with Crippen molar-refractivity contribution in [3.63, 3.8) is 0 Å². The van der Waals surface area contributed by atoms with E-state index in [2.05, 4.69) is 26.0 Å². The summed E-state index contributed by atoms with van der Waals surface area (Å²) < 4.78 is 0. The number of aliphatic hydroxyl groups excluding tert-OH is 1. The molecule has 3 fully saturated rings. The van der Waals surface area contributed by atoms with E-state index in [1.807, 2.05) is 0 Å². The Morgan fingerprint density at radius 1 is 1.25 bits per heavy atom. The molecule has 146 valence electrons. The second kappa shape index (κ2) is 7.91. The number of nitrogens with zero attached hydrogens (tertiary/aromatic N) is 1. The molecule has 1 N–H and O–H groups in total. The van der Waals surface area contributed by atoms with E-state index in [0.29, 0.717) is 23.3 Å². The number of aliphatic carboxylic acids is 1. The summed E-state index contributed by atoms with van der Waals surface area (Å²) in [6, 6.07) is 2.18. The number of carboxylic acid groups (broad SMARTS) is 1. The van der Waals surface area contributed by atoms with Crippen LogP contribution in [0, 0.1) is 39.9 Å². The van der Waals surface area contributed by atoms with Crippen LogP contribution in [0.15, 0.2) is 22.8 Å². The van der Waals surface area contributed by atoms with Crippen molar-refractivity contribution in [2.75, 3.05) is 0 Å². The zero-order chi connectivity index (χ0) is 19.4. The quantitative estimate of drug-likeness (QED) is 0.416. The number of rotatable bonds is 2. The van der Waals surface area contributed by atoms with Crippen molar-refractivity contribution in [2.45, 2.75) is 77.7 Å². The van der Waals surface area contributed by atoms with Crippen molar-refractivity contribution in [2.24, 2.45) is 28.6 Å². The van der Waals surface area contributed by atoms with E-state index in [0.717, 1.165) is 56.9 Å². The molecule has 0 aliphatic heterocycles. The van der Waals surface area contributed by atoms with Gasteiger partial charge in [0.05, 0.1) is 12.2 Å². The molecule has 0 aromatic heterocycles. The molecule has 0 radical (unpaired) electrons. The molecule has 0 bridgehead atoms. The number of carbonyl (C=O) groups excluding carboxylic acids is 1. The number of hydrogen-bond acceptors (Lipinski definition) is 4. The summed E-state index contributed by atoms with van der Waals surface area (Å²) in [6.45, 7) is 4.68. The zero-order valence-corrected chi connectivity index (χ0v) is 19.5. The van der Waals surface area contributed by atoms with Crippen LogP contribution < -0.4 is 34.7 Å². The van der Waals surface area contributed by atoms with Crippen molar-refractivity contribution >= 4 is 5.97 Å². The first-order chi connectivity index (χ1) is 12.8. The van der Waals surface area contributed by atoms with E-state index in [9.17, 15) is 20.3 Å². The van der Waals surface area contributed by atoms with Gasteiger partial charge in [-0.2, -0.15) is 5.26 Å². The molecule has 4 aliphatic carbocycles. The number of aliphatic hydroxyl groups is 1. The Kier molecular flexibility index (Phi) is 6.24. The molecular weight excluding hydrogens is 361 g/mol. The second-order valence-electron chi connectivity index (χ2n) is 9.77. The topological polar surface area (TPSA) is 84.1 Å². The number of nitriles is 1. The maximum absolute atomic E-state index is 11.1. The van der Waals surface area contributed by atoms with Gasteiger partial charge in [-0.3, -0.25) is 0 Å². The van der Waals surface area contributed by atoms with Crippen molar-refractivity contribution in [1.82, 2.24) is 0 Å². The Hall–Kier alpha value is -0.600. The third kappa shape index (κ3) is 3.33. The first kappa shape index (κ1) is 22.1. The fourth-order valence-electron chi connectivity index (χ4n) is 7.31. The third-order valence-corrected chi connectivity index (χ3v) is 8.68. The first-order valence-corrected chi connectivity index (χ1v) is 10.5. The summed E-state index contributed by atoms with van der Waals surface area (Å²) in [5.41, 5.74) is 3.17. The van der Waals surface area contributed by atoms with E-state index in [4.69, 9.17) is 0 Å². The molecule has 4 rings (SSSR count). The molecule has 0 amide bonds. The van der Waals surface area contributed by atoms with Gasteiger partial charge in [-0.25, -0.2) is 0 Å². The summed E-state index contributed by atoms with van der Waals surface area (Å²) in [7, 11) is 0. The van der Waals surface area contributed by atoms with Crippen LogP contribution in [0.1, 0.15) is 71.6 Å². The summed E-state index contributed by atoms with van der Waals surface area (Å²) in [5.74, 6) is 0.623. The van der Waals surface area contributed by atoms with Crippen LogP contribution in [0.5, 0.6) is 0 Å². The summed E-state index contributed by atoms with van der Waals surface area (Å²) >= 11 is 0. The second-order valence-corrected chi connectivity index (χ2v) is 9.77. The standard InChI is InChI=1S/C23H31NO3.Na/c1-22-9-7-16(25)12-15(22)3-4-17-19-6-5-18(14(13-24)11-21(26)27)23(19,2)10-8-20(17)22;/h3,16-17,19-20,25H,4-12H2,1-2H3,(H,26,27);/q;+1/p-1/t16-,17?,19?,20?,22-,23+;/m0./s1. The Morgan fingerprint density at radius 3 is 2.61 bits per heavy atom. The van der Waals surface area contributed by atoms with Crippen LogP contribution in [-0.4, -0.2) is 17.2 Å². The van der Waals surface area contributed by atoms with Gasteiger partial charge in [0.1, 0.15) is 0 Å². The van der Waals surface area contributed by atoms with Gasteiger partial charge in [0, 0.05) is 18.0 Å². The maximum Gasteiger partial charge on any atom is 1.00 e.